The van der Waals surface area contributed by atoms with Crippen LogP contribution < -0.4 is 16.4 Å². The van der Waals surface area contributed by atoms with E-state index in [0.29, 0.717) is 30.9 Å². The number of ketones is 1. The molecule has 2 saturated heterocycles. The minimum atomic E-state index is -0.707. The molecule has 4 N–H and O–H groups in total. The first-order chi connectivity index (χ1) is 15.0. The van der Waals surface area contributed by atoms with Crippen LogP contribution in [0.2, 0.25) is 0 Å². The van der Waals surface area contributed by atoms with E-state index in [1.54, 1.807) is 11.9 Å². The molecule has 3 heterocycles. The molecule has 0 aliphatic carbocycles. The lowest BCUT2D eigenvalue weighted by molar-refractivity contribution is -0.128. The summed E-state index contributed by atoms with van der Waals surface area (Å²) in [7, 11) is 1.61. The number of imidazole rings is 1. The van der Waals surface area contributed by atoms with Gasteiger partial charge in [0.25, 0.3) is 11.8 Å². The summed E-state index contributed by atoms with van der Waals surface area (Å²) in [5.74, 6) is -0.960. The molecule has 1 aromatic carbocycles. The van der Waals surface area contributed by atoms with Crippen molar-refractivity contribution in [3.63, 3.8) is 0 Å². The van der Waals surface area contributed by atoms with Crippen LogP contribution in [0.15, 0.2) is 30.3 Å². The van der Waals surface area contributed by atoms with Gasteiger partial charge in [-0.05, 0) is 25.9 Å². The molecule has 1 aromatic heterocycles. The van der Waals surface area contributed by atoms with Crippen molar-refractivity contribution < 1.29 is 14.4 Å². The zero-order valence-corrected chi connectivity index (χ0v) is 17.6. The molecule has 0 bridgehead atoms. The van der Waals surface area contributed by atoms with Crippen molar-refractivity contribution in [1.82, 2.24) is 25.1 Å². The van der Waals surface area contributed by atoms with Gasteiger partial charge in [-0.15, -0.1) is 0 Å². The molecule has 2 aromatic rings. The zero-order chi connectivity index (χ0) is 22.0. The van der Waals surface area contributed by atoms with Crippen LogP contribution in [0.5, 0.6) is 0 Å². The SMILES string of the molecule is Cn1c(C(N)=O)nc(-c2ccccc2)c1C(=O)N1CCNCC1C(=O)C1CCNCC1. The molecule has 2 fully saturated rings. The monoisotopic (exact) mass is 424 g/mol. The van der Waals surface area contributed by atoms with Crippen molar-refractivity contribution in [1.29, 1.82) is 0 Å². The highest BCUT2D eigenvalue weighted by atomic mass is 16.2. The fourth-order valence-corrected chi connectivity index (χ4v) is 4.48. The second-order valence-electron chi connectivity index (χ2n) is 8.07. The molecule has 164 valence electrons. The van der Waals surface area contributed by atoms with Gasteiger partial charge in [-0.3, -0.25) is 14.4 Å². The lowest BCUT2D eigenvalue weighted by Crippen LogP contribution is -2.59. The summed E-state index contributed by atoms with van der Waals surface area (Å²) in [5.41, 5.74) is 6.89. The summed E-state index contributed by atoms with van der Waals surface area (Å²) in [6.45, 7) is 3.06. The van der Waals surface area contributed by atoms with Crippen molar-refractivity contribution in [2.45, 2.75) is 18.9 Å². The van der Waals surface area contributed by atoms with Crippen molar-refractivity contribution in [2.75, 3.05) is 32.7 Å². The molecule has 1 unspecified atom stereocenters. The lowest BCUT2D eigenvalue weighted by atomic mass is 9.88. The van der Waals surface area contributed by atoms with Crippen LogP contribution in [0.4, 0.5) is 0 Å². The highest BCUT2D eigenvalue weighted by Crippen LogP contribution is 2.27. The number of nitrogens with one attached hydrogen (secondary N) is 2. The number of nitrogens with two attached hydrogens (primary N) is 1. The minimum absolute atomic E-state index is 0.0126. The van der Waals surface area contributed by atoms with E-state index < -0.39 is 11.9 Å². The molecule has 2 aliphatic rings. The van der Waals surface area contributed by atoms with E-state index in [1.807, 2.05) is 30.3 Å². The van der Waals surface area contributed by atoms with E-state index in [2.05, 4.69) is 15.6 Å². The first kappa shape index (κ1) is 21.2. The molecular weight excluding hydrogens is 396 g/mol. The van der Waals surface area contributed by atoms with Gasteiger partial charge in [0, 0.05) is 38.2 Å². The maximum Gasteiger partial charge on any atom is 0.284 e. The van der Waals surface area contributed by atoms with Gasteiger partial charge in [0.05, 0.1) is 0 Å². The van der Waals surface area contributed by atoms with Gasteiger partial charge in [0.1, 0.15) is 17.4 Å². The van der Waals surface area contributed by atoms with Gasteiger partial charge in [-0.2, -0.15) is 0 Å². The van der Waals surface area contributed by atoms with Crippen molar-refractivity contribution in [2.24, 2.45) is 18.7 Å². The van der Waals surface area contributed by atoms with Crippen LogP contribution in [-0.4, -0.2) is 70.8 Å². The molecule has 0 spiro atoms. The number of rotatable bonds is 5. The van der Waals surface area contributed by atoms with Gasteiger partial charge in [0.15, 0.2) is 11.6 Å². The third kappa shape index (κ3) is 4.11. The number of piperidine rings is 1. The quantitative estimate of drug-likeness (QED) is 0.629. The normalized spacial score (nSPS) is 19.9. The topological polar surface area (TPSA) is 122 Å². The summed E-state index contributed by atoms with van der Waals surface area (Å²) in [6, 6.07) is 8.68. The highest BCUT2D eigenvalue weighted by molar-refractivity contribution is 6.03. The van der Waals surface area contributed by atoms with Crippen molar-refractivity contribution in [3.8, 4) is 11.3 Å². The van der Waals surface area contributed by atoms with Gasteiger partial charge in [-0.25, -0.2) is 4.98 Å². The molecule has 4 rings (SSSR count). The predicted octanol–water partition coefficient (Wildman–Crippen LogP) is 0.169. The van der Waals surface area contributed by atoms with Crippen molar-refractivity contribution in [3.05, 3.63) is 41.9 Å². The Morgan fingerprint density at radius 1 is 1.06 bits per heavy atom. The second-order valence-corrected chi connectivity index (χ2v) is 8.07. The average Bonchev–Trinajstić information content (AvgIpc) is 3.16. The predicted molar refractivity (Wildman–Crippen MR) is 115 cm³/mol. The molecule has 2 aliphatic heterocycles. The molecule has 0 radical (unpaired) electrons. The highest BCUT2D eigenvalue weighted by Gasteiger charge is 2.38. The van der Waals surface area contributed by atoms with E-state index in [4.69, 9.17) is 5.73 Å². The first-order valence-electron chi connectivity index (χ1n) is 10.7. The number of primary amides is 1. The van der Waals surface area contributed by atoms with Crippen LogP contribution in [0.25, 0.3) is 11.3 Å². The number of Topliss-reactive ketones (excluding diaryl/α,β-unsaturated/α-hetero) is 1. The summed E-state index contributed by atoms with van der Waals surface area (Å²) in [5, 5.41) is 6.52. The standard InChI is InChI=1S/C22H28N6O3/c1-27-18(17(26-21(27)20(23)30)14-5-3-2-4-6-14)22(31)28-12-11-25-13-16(28)19(29)15-7-9-24-10-8-15/h2-6,15-16,24-25H,7-13H2,1H3,(H2,23,30). The average molecular weight is 425 g/mol. The number of hydrogen-bond acceptors (Lipinski definition) is 6. The fourth-order valence-electron chi connectivity index (χ4n) is 4.48. The van der Waals surface area contributed by atoms with E-state index >= 15 is 0 Å². The number of carbonyl (C=O) groups is 3. The summed E-state index contributed by atoms with van der Waals surface area (Å²) < 4.78 is 1.45. The Morgan fingerprint density at radius 2 is 1.77 bits per heavy atom. The molecule has 31 heavy (non-hydrogen) atoms. The molecule has 0 saturated carbocycles. The second kappa shape index (κ2) is 8.99. The smallest absolute Gasteiger partial charge is 0.284 e. The maximum atomic E-state index is 13.8. The molecule has 1 atom stereocenters. The number of aromatic nitrogens is 2. The molecule has 2 amide bonds. The van der Waals surface area contributed by atoms with E-state index in [1.165, 1.54) is 4.57 Å². The van der Waals surface area contributed by atoms with Gasteiger partial charge in [-0.1, -0.05) is 30.3 Å². The van der Waals surface area contributed by atoms with E-state index in [0.717, 1.165) is 25.9 Å². The Hall–Kier alpha value is -3.04. The zero-order valence-electron chi connectivity index (χ0n) is 17.6. The third-order valence-electron chi connectivity index (χ3n) is 6.14. The summed E-state index contributed by atoms with van der Waals surface area (Å²) in [6.07, 6.45) is 1.56. The van der Waals surface area contributed by atoms with Crippen LogP contribution in [0, 0.1) is 5.92 Å². The fraction of sp³-hybridized carbons (Fsp3) is 0.455. The minimum Gasteiger partial charge on any atom is -0.363 e. The van der Waals surface area contributed by atoms with Crippen LogP contribution in [0.1, 0.15) is 33.9 Å². The Bertz CT molecular complexity index is 981. The number of nitrogens with zero attached hydrogens (tertiary/aromatic N) is 3. The Labute approximate surface area is 181 Å². The van der Waals surface area contributed by atoms with Gasteiger partial charge in [0.2, 0.25) is 0 Å². The maximum absolute atomic E-state index is 13.8. The Kier molecular flexibility index (Phi) is 6.15. The van der Waals surface area contributed by atoms with Gasteiger partial charge >= 0.3 is 0 Å². The Morgan fingerprint density at radius 3 is 2.45 bits per heavy atom. The van der Waals surface area contributed by atoms with Crippen LogP contribution in [0.3, 0.4) is 0 Å². The first-order valence-corrected chi connectivity index (χ1v) is 10.7. The molecule has 9 nitrogen and oxygen atoms in total. The number of hydrogen-bond donors (Lipinski definition) is 3. The molecule has 9 heteroatoms. The largest absolute Gasteiger partial charge is 0.363 e. The van der Waals surface area contributed by atoms with Crippen molar-refractivity contribution >= 4 is 17.6 Å². The van der Waals surface area contributed by atoms with Crippen LogP contribution >= 0.6 is 0 Å². The number of benzene rings is 1. The lowest BCUT2D eigenvalue weighted by Gasteiger charge is -2.37. The van der Waals surface area contributed by atoms with E-state index in [9.17, 15) is 14.4 Å². The third-order valence-corrected chi connectivity index (χ3v) is 6.14. The Balaban J connectivity index is 1.71. The number of carbonyl (C=O) groups excluding carboxylic acids is 3. The molecular formula is C22H28N6O3. The van der Waals surface area contributed by atoms with E-state index in [-0.39, 0.29) is 29.1 Å². The summed E-state index contributed by atoms with van der Waals surface area (Å²) >= 11 is 0. The number of piperazine rings is 1. The van der Waals surface area contributed by atoms with Crippen LogP contribution in [-0.2, 0) is 11.8 Å². The summed E-state index contributed by atoms with van der Waals surface area (Å²) in [4.78, 5) is 45.0. The number of amides is 2. The van der Waals surface area contributed by atoms with Gasteiger partial charge < -0.3 is 25.8 Å².